The number of hydrogen-bond donors (Lipinski definition) is 2. The van der Waals surface area contributed by atoms with Gasteiger partial charge >= 0.3 is 0 Å². The normalized spacial score (nSPS) is 27.3. The fourth-order valence-corrected chi connectivity index (χ4v) is 4.69. The van der Waals surface area contributed by atoms with Gasteiger partial charge in [0.25, 0.3) is 5.91 Å². The number of rotatable bonds is 3. The van der Waals surface area contributed by atoms with Crippen molar-refractivity contribution in [3.05, 3.63) is 46.2 Å². The van der Waals surface area contributed by atoms with Gasteiger partial charge in [-0.05, 0) is 50.0 Å². The van der Waals surface area contributed by atoms with Crippen LogP contribution in [0, 0.1) is 17.8 Å². The first-order valence-electron chi connectivity index (χ1n) is 8.55. The lowest BCUT2D eigenvalue weighted by Crippen LogP contribution is -2.40. The van der Waals surface area contributed by atoms with E-state index in [-0.39, 0.29) is 17.5 Å². The first-order chi connectivity index (χ1) is 11.1. The molecule has 4 heteroatoms. The van der Waals surface area contributed by atoms with Gasteiger partial charge in [-0.25, -0.2) is 0 Å². The van der Waals surface area contributed by atoms with Crippen LogP contribution in [0.15, 0.2) is 35.1 Å². The number of pyridine rings is 1. The van der Waals surface area contributed by atoms with Crippen molar-refractivity contribution in [2.75, 3.05) is 0 Å². The highest BCUT2D eigenvalue weighted by molar-refractivity contribution is 6.06. The molecule has 23 heavy (non-hydrogen) atoms. The van der Waals surface area contributed by atoms with Crippen molar-refractivity contribution >= 4 is 16.8 Å². The number of fused-ring (bicyclic) bond motifs is 3. The van der Waals surface area contributed by atoms with E-state index in [0.29, 0.717) is 17.0 Å². The zero-order chi connectivity index (χ0) is 16.0. The lowest BCUT2D eigenvalue weighted by molar-refractivity contribution is 0.0917. The van der Waals surface area contributed by atoms with Crippen LogP contribution in [0.3, 0.4) is 0 Å². The first kappa shape index (κ1) is 14.5. The molecule has 0 saturated heterocycles. The van der Waals surface area contributed by atoms with E-state index in [1.165, 1.54) is 31.7 Å². The Morgan fingerprint density at radius 1 is 1.26 bits per heavy atom. The van der Waals surface area contributed by atoms with E-state index >= 15 is 0 Å². The van der Waals surface area contributed by atoms with Gasteiger partial charge in [-0.2, -0.15) is 0 Å². The molecule has 4 nitrogen and oxygen atoms in total. The molecule has 1 aromatic heterocycles. The lowest BCUT2D eigenvalue weighted by atomic mass is 9.84. The van der Waals surface area contributed by atoms with Gasteiger partial charge in [-0.15, -0.1) is 0 Å². The Labute approximate surface area is 135 Å². The molecule has 2 N–H and O–H groups in total. The highest BCUT2D eigenvalue weighted by atomic mass is 16.2. The van der Waals surface area contributed by atoms with Crippen LogP contribution in [0.4, 0.5) is 0 Å². The van der Waals surface area contributed by atoms with E-state index in [0.717, 1.165) is 17.2 Å². The molecule has 4 rings (SSSR count). The Morgan fingerprint density at radius 3 is 2.83 bits per heavy atom. The molecule has 2 bridgehead atoms. The molecule has 1 aromatic carbocycles. The highest BCUT2D eigenvalue weighted by Crippen LogP contribution is 2.49. The van der Waals surface area contributed by atoms with Crippen LogP contribution in [0.5, 0.6) is 0 Å². The van der Waals surface area contributed by atoms with Gasteiger partial charge in [-0.3, -0.25) is 9.59 Å². The highest BCUT2D eigenvalue weighted by Gasteiger charge is 2.42. The van der Waals surface area contributed by atoms with Crippen LogP contribution in [-0.2, 0) is 0 Å². The number of H-pyrrole nitrogens is 1. The average Bonchev–Trinajstić information content (AvgIpc) is 3.17. The number of carbonyl (C=O) groups is 1. The number of para-hydroxylation sites is 1. The molecule has 2 aliphatic rings. The topological polar surface area (TPSA) is 62.0 Å². The molecule has 2 fully saturated rings. The minimum atomic E-state index is -0.235. The minimum Gasteiger partial charge on any atom is -0.349 e. The zero-order valence-electron chi connectivity index (χ0n) is 13.3. The zero-order valence-corrected chi connectivity index (χ0v) is 13.3. The third-order valence-corrected chi connectivity index (χ3v) is 5.79. The third kappa shape index (κ3) is 2.56. The van der Waals surface area contributed by atoms with Crippen LogP contribution in [-0.4, -0.2) is 16.9 Å². The van der Waals surface area contributed by atoms with Gasteiger partial charge in [0.1, 0.15) is 0 Å². The summed E-state index contributed by atoms with van der Waals surface area (Å²) in [5.41, 5.74) is 0.943. The molecule has 0 unspecified atom stereocenters. The maximum Gasteiger partial charge on any atom is 0.252 e. The van der Waals surface area contributed by atoms with Crippen molar-refractivity contribution in [3.63, 3.8) is 0 Å². The average molecular weight is 310 g/mol. The van der Waals surface area contributed by atoms with E-state index in [1.54, 1.807) is 0 Å². The van der Waals surface area contributed by atoms with Gasteiger partial charge in [0.05, 0.1) is 5.56 Å². The largest absolute Gasteiger partial charge is 0.349 e. The summed E-state index contributed by atoms with van der Waals surface area (Å²) >= 11 is 0. The molecule has 0 radical (unpaired) electrons. The van der Waals surface area contributed by atoms with Crippen molar-refractivity contribution in [1.29, 1.82) is 0 Å². The Bertz CT molecular complexity index is 810. The van der Waals surface area contributed by atoms with Crippen molar-refractivity contribution in [3.8, 4) is 0 Å². The van der Waals surface area contributed by atoms with Gasteiger partial charge < -0.3 is 10.3 Å². The molecule has 120 valence electrons. The van der Waals surface area contributed by atoms with Gasteiger partial charge in [0, 0.05) is 23.0 Å². The van der Waals surface area contributed by atoms with E-state index in [4.69, 9.17) is 0 Å². The smallest absolute Gasteiger partial charge is 0.252 e. The number of carbonyl (C=O) groups excluding carboxylic acids is 1. The first-order valence-corrected chi connectivity index (χ1v) is 8.55. The molecule has 2 aromatic rings. The van der Waals surface area contributed by atoms with Crippen LogP contribution in [0.1, 0.15) is 43.0 Å². The Balaban J connectivity index is 1.58. The molecule has 0 aliphatic heterocycles. The van der Waals surface area contributed by atoms with Crippen LogP contribution in [0.25, 0.3) is 10.9 Å². The molecule has 1 amide bonds. The minimum absolute atomic E-state index is 0.137. The third-order valence-electron chi connectivity index (χ3n) is 5.79. The van der Waals surface area contributed by atoms with E-state index in [9.17, 15) is 9.59 Å². The van der Waals surface area contributed by atoms with Gasteiger partial charge in [0.2, 0.25) is 5.56 Å². The van der Waals surface area contributed by atoms with Crippen molar-refractivity contribution < 1.29 is 4.79 Å². The monoisotopic (exact) mass is 310 g/mol. The summed E-state index contributed by atoms with van der Waals surface area (Å²) < 4.78 is 0. The predicted molar refractivity (Wildman–Crippen MR) is 90.4 cm³/mol. The van der Waals surface area contributed by atoms with E-state index < -0.39 is 0 Å². The lowest BCUT2D eigenvalue weighted by Gasteiger charge is -2.28. The number of hydrogen-bond acceptors (Lipinski definition) is 2. The summed E-state index contributed by atoms with van der Waals surface area (Å²) in [5.74, 6) is 2.09. The fourth-order valence-electron chi connectivity index (χ4n) is 4.69. The summed E-state index contributed by atoms with van der Waals surface area (Å²) in [5, 5.41) is 3.95. The fraction of sp³-hybridized carbons (Fsp3) is 0.474. The standard InChI is InChI=1S/C19H22N2O2/c1-11(15-9-12-6-7-13(15)8-12)20-19(23)16-10-18(22)21-17-5-3-2-4-14(16)17/h2-5,10-13,15H,6-9H2,1H3,(H,20,23)(H,21,22)/t11-,12+,13+,15-/m0/s1. The van der Waals surface area contributed by atoms with Crippen molar-refractivity contribution in [1.82, 2.24) is 10.3 Å². The molecule has 2 saturated carbocycles. The summed E-state index contributed by atoms with van der Waals surface area (Å²) in [7, 11) is 0. The quantitative estimate of drug-likeness (QED) is 0.915. The van der Waals surface area contributed by atoms with Gasteiger partial charge in [0.15, 0.2) is 0 Å². The van der Waals surface area contributed by atoms with E-state index in [2.05, 4.69) is 17.2 Å². The SMILES string of the molecule is C[C@H](NC(=O)c1cc(=O)[nH]c2ccccc12)[C@@H]1C[C@@H]2CC[C@@H]1C2. The molecule has 1 heterocycles. The van der Waals surface area contributed by atoms with Crippen molar-refractivity contribution in [2.45, 2.75) is 38.6 Å². The Hall–Kier alpha value is -2.10. The van der Waals surface area contributed by atoms with Gasteiger partial charge in [-0.1, -0.05) is 24.6 Å². The summed E-state index contributed by atoms with van der Waals surface area (Å²) in [6, 6.07) is 9.02. The molecule has 0 spiro atoms. The summed E-state index contributed by atoms with van der Waals surface area (Å²) in [6.45, 7) is 2.11. The summed E-state index contributed by atoms with van der Waals surface area (Å²) in [4.78, 5) is 27.3. The summed E-state index contributed by atoms with van der Waals surface area (Å²) in [6.07, 6.45) is 5.24. The van der Waals surface area contributed by atoms with Crippen LogP contribution < -0.4 is 10.9 Å². The van der Waals surface area contributed by atoms with Crippen LogP contribution in [0.2, 0.25) is 0 Å². The molecule has 4 atom stereocenters. The second-order valence-electron chi connectivity index (χ2n) is 7.19. The molecular formula is C19H22N2O2. The maximum absolute atomic E-state index is 12.7. The predicted octanol–water partition coefficient (Wildman–Crippen LogP) is 3.08. The number of aromatic nitrogens is 1. The second kappa shape index (κ2) is 5.52. The Kier molecular flexibility index (Phi) is 3.47. The number of amides is 1. The number of benzene rings is 1. The number of aromatic amines is 1. The maximum atomic E-state index is 12.7. The Morgan fingerprint density at radius 2 is 2.09 bits per heavy atom. The molecule has 2 aliphatic carbocycles. The molecular weight excluding hydrogens is 288 g/mol. The van der Waals surface area contributed by atoms with E-state index in [1.807, 2.05) is 24.3 Å². The van der Waals surface area contributed by atoms with Crippen molar-refractivity contribution in [2.24, 2.45) is 17.8 Å². The second-order valence-corrected chi connectivity index (χ2v) is 7.19. The number of nitrogens with one attached hydrogen (secondary N) is 2. The van der Waals surface area contributed by atoms with Crippen LogP contribution >= 0.6 is 0 Å².